The van der Waals surface area contributed by atoms with E-state index in [1.165, 1.54) is 55.2 Å². The maximum Gasteiger partial charge on any atom is 0.256 e. The molecule has 0 fully saturated rings. The summed E-state index contributed by atoms with van der Waals surface area (Å²) in [5.74, 6) is 1.72. The number of benzene rings is 15. The molecule has 0 saturated carbocycles. The lowest BCUT2D eigenvalue weighted by Gasteiger charge is -2.47. The molecule has 0 aliphatic carbocycles. The van der Waals surface area contributed by atoms with Gasteiger partial charge in [-0.15, -0.1) is 0 Å². The minimum Gasteiger partial charge on any atom is -0.458 e. The molecular formula is C106H91B2N3O. The molecule has 0 N–H and O–H groups in total. The number of anilines is 9. The molecule has 542 valence electrons. The molecule has 0 unspecified atom stereocenters. The molecule has 0 aromatic heterocycles. The van der Waals surface area contributed by atoms with Gasteiger partial charge in [0.05, 0.1) is 5.69 Å². The second kappa shape index (κ2) is 26.7. The Labute approximate surface area is 662 Å². The maximum absolute atomic E-state index is 8.05. The van der Waals surface area contributed by atoms with Gasteiger partial charge in [-0.3, -0.25) is 0 Å². The lowest BCUT2D eigenvalue weighted by atomic mass is 9.30. The highest BCUT2D eigenvalue weighted by atomic mass is 16.5. The average molecular weight is 1440 g/mol. The zero-order valence-electron chi connectivity index (χ0n) is 66.2. The van der Waals surface area contributed by atoms with Gasteiger partial charge in [-0.25, -0.2) is 0 Å². The Bertz CT molecular complexity index is 6070. The normalized spacial score (nSPS) is 13.3. The number of hydrogen-bond donors (Lipinski definition) is 0. The van der Waals surface area contributed by atoms with E-state index in [1.807, 2.05) is 0 Å². The van der Waals surface area contributed by atoms with Crippen molar-refractivity contribution < 1.29 is 4.74 Å². The lowest BCUT2D eigenvalue weighted by Crippen LogP contribution is -2.64. The first kappa shape index (κ1) is 70.0. The van der Waals surface area contributed by atoms with Crippen molar-refractivity contribution in [3.05, 3.63) is 356 Å². The van der Waals surface area contributed by atoms with Gasteiger partial charge in [0, 0.05) is 62.2 Å². The summed E-state index contributed by atoms with van der Waals surface area (Å²) in [6.07, 6.45) is 0. The van der Waals surface area contributed by atoms with E-state index in [0.29, 0.717) is 0 Å². The summed E-state index contributed by atoms with van der Waals surface area (Å²) in [5.41, 5.74) is 37.6. The summed E-state index contributed by atoms with van der Waals surface area (Å²) in [6.45, 7) is 27.6. The number of para-hydroxylation sites is 3. The predicted molar refractivity (Wildman–Crippen MR) is 479 cm³/mol. The zero-order valence-corrected chi connectivity index (χ0v) is 66.2. The monoisotopic (exact) mass is 1440 g/mol. The van der Waals surface area contributed by atoms with E-state index < -0.39 is 0 Å². The number of hydrogen-bond acceptors (Lipinski definition) is 4. The van der Waals surface area contributed by atoms with Gasteiger partial charge in [0.15, 0.2) is 0 Å². The third kappa shape index (κ3) is 12.0. The fourth-order valence-electron chi connectivity index (χ4n) is 17.9. The van der Waals surface area contributed by atoms with Crippen molar-refractivity contribution in [1.29, 1.82) is 0 Å². The maximum atomic E-state index is 8.05. The van der Waals surface area contributed by atoms with Crippen molar-refractivity contribution in [1.82, 2.24) is 0 Å². The van der Waals surface area contributed by atoms with Crippen LogP contribution in [0.4, 0.5) is 51.2 Å². The molecule has 6 heteroatoms. The van der Waals surface area contributed by atoms with E-state index in [4.69, 9.17) is 4.74 Å². The Morgan fingerprint density at radius 1 is 0.232 bits per heavy atom. The standard InChI is InChI=1S/C106H91B2N3O/c1-103(2,3)78-55-74(56-79(64-78)104(4,5)6)76-60-94-99-95(61-76)111(101-85(70-39-24-15-25-40-70)49-34-50-86(101)71-41-26-16-27-42-71)93-67-92-89(66-90(93)107(99)87-53-51-73(68-35-20-13-21-36-68)59-91(87)109(94)82-45-30-18-31-46-82)108-88-54-52-84(69-37-22-14-23-38-69)98(72-43-28-17-29-44-72)102(88)112-97-63-77(62-96(100(97)108)110(92)83-47-32-19-33-48-83)75-57-80(105(7,8)9)65-81(58-75)106(10,11)12/h13-67H,1-12H3. The second-order valence-electron chi connectivity index (χ2n) is 35.3. The molecule has 0 radical (unpaired) electrons. The molecule has 4 aliphatic heterocycles. The lowest BCUT2D eigenvalue weighted by molar-refractivity contribution is 0.489. The van der Waals surface area contributed by atoms with E-state index in [-0.39, 0.29) is 35.1 Å². The van der Waals surface area contributed by atoms with Gasteiger partial charge in [0.2, 0.25) is 0 Å². The molecular weight excluding hydrogens is 1350 g/mol. The number of rotatable bonds is 10. The van der Waals surface area contributed by atoms with Crippen LogP contribution in [0.2, 0.25) is 0 Å². The van der Waals surface area contributed by atoms with Crippen LogP contribution in [0.15, 0.2) is 334 Å². The third-order valence-electron chi connectivity index (χ3n) is 23.8. The zero-order chi connectivity index (χ0) is 76.7. The van der Waals surface area contributed by atoms with Gasteiger partial charge in [-0.1, -0.05) is 356 Å². The molecule has 112 heavy (non-hydrogen) atoms. The van der Waals surface area contributed by atoms with Gasteiger partial charge in [0.25, 0.3) is 13.4 Å². The first-order chi connectivity index (χ1) is 54.1. The Morgan fingerprint density at radius 3 is 1.05 bits per heavy atom. The van der Waals surface area contributed by atoms with Gasteiger partial charge < -0.3 is 19.4 Å². The summed E-state index contributed by atoms with van der Waals surface area (Å²) in [6, 6.07) is 127. The molecule has 0 bridgehead atoms. The van der Waals surface area contributed by atoms with Gasteiger partial charge in [-0.05, 0) is 199 Å². The highest BCUT2D eigenvalue weighted by Gasteiger charge is 2.50. The van der Waals surface area contributed by atoms with Crippen LogP contribution < -0.4 is 52.2 Å². The molecule has 4 heterocycles. The highest BCUT2D eigenvalue weighted by molar-refractivity contribution is 7.03. The van der Waals surface area contributed by atoms with Crippen molar-refractivity contribution >= 4 is 97.4 Å². The van der Waals surface area contributed by atoms with Gasteiger partial charge >= 0.3 is 0 Å². The summed E-state index contributed by atoms with van der Waals surface area (Å²) < 4.78 is 8.05. The Hall–Kier alpha value is -12.4. The van der Waals surface area contributed by atoms with E-state index in [9.17, 15) is 0 Å². The van der Waals surface area contributed by atoms with Crippen molar-refractivity contribution in [2.75, 3.05) is 14.7 Å². The minimum absolute atomic E-state index is 0.133. The van der Waals surface area contributed by atoms with E-state index in [2.05, 4.69) is 431 Å². The number of nitrogens with zero attached hydrogens (tertiary/aromatic N) is 3. The molecule has 0 amide bonds. The first-order valence-corrected chi connectivity index (χ1v) is 39.8. The molecule has 0 atom stereocenters. The van der Waals surface area contributed by atoms with Crippen LogP contribution in [0.5, 0.6) is 11.5 Å². The molecule has 15 aromatic rings. The average Bonchev–Trinajstić information content (AvgIpc) is 0.680. The molecule has 0 spiro atoms. The van der Waals surface area contributed by atoms with Crippen LogP contribution >= 0.6 is 0 Å². The van der Waals surface area contributed by atoms with Crippen molar-refractivity contribution in [3.8, 4) is 89.4 Å². The Morgan fingerprint density at radius 2 is 0.589 bits per heavy atom. The fourth-order valence-corrected chi connectivity index (χ4v) is 17.9. The van der Waals surface area contributed by atoms with Crippen LogP contribution in [-0.2, 0) is 21.7 Å². The molecule has 4 aliphatic rings. The summed E-state index contributed by atoms with van der Waals surface area (Å²) in [5, 5.41) is 0. The predicted octanol–water partition coefficient (Wildman–Crippen LogP) is 25.0. The molecule has 15 aromatic carbocycles. The molecule has 4 nitrogen and oxygen atoms in total. The Kier molecular flexibility index (Phi) is 16.7. The number of ether oxygens (including phenoxy) is 1. The molecule has 19 rings (SSSR count). The summed E-state index contributed by atoms with van der Waals surface area (Å²) >= 11 is 0. The van der Waals surface area contributed by atoms with E-state index in [0.717, 1.165) is 140 Å². The minimum atomic E-state index is -0.314. The molecule has 0 saturated heterocycles. The van der Waals surface area contributed by atoms with Crippen LogP contribution in [0.25, 0.3) is 77.9 Å². The van der Waals surface area contributed by atoms with Gasteiger partial charge in [0.1, 0.15) is 11.5 Å². The first-order valence-electron chi connectivity index (χ1n) is 39.8. The van der Waals surface area contributed by atoms with E-state index >= 15 is 0 Å². The topological polar surface area (TPSA) is 19.0 Å². The smallest absolute Gasteiger partial charge is 0.256 e. The summed E-state index contributed by atoms with van der Waals surface area (Å²) in [7, 11) is 0. The van der Waals surface area contributed by atoms with Crippen molar-refractivity contribution in [2.45, 2.75) is 105 Å². The summed E-state index contributed by atoms with van der Waals surface area (Å²) in [4.78, 5) is 7.93. The van der Waals surface area contributed by atoms with Crippen LogP contribution in [0, 0.1) is 0 Å². The van der Waals surface area contributed by atoms with Crippen molar-refractivity contribution in [2.24, 2.45) is 0 Å². The fraction of sp³-hybridized carbons (Fsp3) is 0.151. The van der Waals surface area contributed by atoms with E-state index in [1.54, 1.807) is 0 Å². The largest absolute Gasteiger partial charge is 0.458 e. The highest BCUT2D eigenvalue weighted by Crippen LogP contribution is 2.55. The number of fused-ring (bicyclic) bond motifs is 8. The quantitative estimate of drug-likeness (QED) is 0.127. The van der Waals surface area contributed by atoms with Crippen molar-refractivity contribution in [3.63, 3.8) is 0 Å². The van der Waals surface area contributed by atoms with Crippen LogP contribution in [0.1, 0.15) is 105 Å². The third-order valence-corrected chi connectivity index (χ3v) is 23.8. The van der Waals surface area contributed by atoms with Crippen LogP contribution in [-0.4, -0.2) is 13.4 Å². The SMILES string of the molecule is CC(C)(C)c1cc(-c2cc3c4c(c2)N(c2ccccc2)c2cc5c(cc2B4c2ccc(-c4ccccc4)c(-c4ccccc4)c2O3)B2c3ccc(-c4ccccc4)cc3N(c3ccccc3)c3cc(-c4cc(C(C)(C)C)cc(C(C)(C)C)c4)cc(c32)N5c2c(-c3ccccc3)cccc2-c2ccccc2)cc(C(C)(C)C)c1. The van der Waals surface area contributed by atoms with Crippen LogP contribution in [0.3, 0.4) is 0 Å². The van der Waals surface area contributed by atoms with Gasteiger partial charge in [-0.2, -0.15) is 0 Å². The second-order valence-corrected chi connectivity index (χ2v) is 35.3. The Balaban J connectivity index is 0.999.